The molecule has 1 fully saturated rings. The Morgan fingerprint density at radius 3 is 2.20 bits per heavy atom. The maximum Gasteiger partial charge on any atom is 0.223 e. The van der Waals surface area contributed by atoms with Crippen molar-refractivity contribution in [2.75, 3.05) is 0 Å². The van der Waals surface area contributed by atoms with Crippen LogP contribution in [0, 0.1) is 11.8 Å². The summed E-state index contributed by atoms with van der Waals surface area (Å²) in [6.07, 6.45) is 3.04. The standard InChI is InChI=1S/C11H19NO3/c1-7(2)12-10(13)8-5-3-4-6-9(8)11(14)15/h7-9H,3-6H2,1-2H3,(H,12,13)(H,14,15)/p-1/t8-,9-/m1/s1. The number of carboxylic acids is 1. The minimum atomic E-state index is -1.08. The second-order valence-electron chi connectivity index (χ2n) is 4.48. The molecule has 0 radical (unpaired) electrons. The van der Waals surface area contributed by atoms with Gasteiger partial charge in [-0.05, 0) is 26.7 Å². The van der Waals surface area contributed by atoms with Gasteiger partial charge in [-0.3, -0.25) is 4.79 Å². The third kappa shape index (κ3) is 3.22. The molecule has 0 unspecified atom stereocenters. The third-order valence-electron chi connectivity index (χ3n) is 2.84. The van der Waals surface area contributed by atoms with Gasteiger partial charge < -0.3 is 15.2 Å². The molecule has 0 spiro atoms. The van der Waals surface area contributed by atoms with Crippen molar-refractivity contribution in [3.05, 3.63) is 0 Å². The highest BCUT2D eigenvalue weighted by atomic mass is 16.4. The summed E-state index contributed by atoms with van der Waals surface area (Å²) in [6.45, 7) is 3.74. The van der Waals surface area contributed by atoms with Gasteiger partial charge in [0, 0.05) is 23.8 Å². The van der Waals surface area contributed by atoms with E-state index in [2.05, 4.69) is 5.32 Å². The molecule has 1 aliphatic carbocycles. The van der Waals surface area contributed by atoms with Gasteiger partial charge in [-0.1, -0.05) is 12.8 Å². The number of rotatable bonds is 3. The van der Waals surface area contributed by atoms with Crippen LogP contribution in [-0.2, 0) is 9.59 Å². The quantitative estimate of drug-likeness (QED) is 0.719. The lowest BCUT2D eigenvalue weighted by Crippen LogP contribution is -2.46. The van der Waals surface area contributed by atoms with Crippen LogP contribution in [0.25, 0.3) is 0 Å². The van der Waals surface area contributed by atoms with Crippen molar-refractivity contribution in [1.82, 2.24) is 5.32 Å². The summed E-state index contributed by atoms with van der Waals surface area (Å²) in [6, 6.07) is 0.0573. The van der Waals surface area contributed by atoms with E-state index >= 15 is 0 Å². The molecule has 0 heterocycles. The van der Waals surface area contributed by atoms with Crippen molar-refractivity contribution in [2.24, 2.45) is 11.8 Å². The molecular formula is C11H18NO3-. The average molecular weight is 212 g/mol. The van der Waals surface area contributed by atoms with Crippen LogP contribution in [0.4, 0.5) is 0 Å². The van der Waals surface area contributed by atoms with Crippen LogP contribution in [0.1, 0.15) is 39.5 Å². The van der Waals surface area contributed by atoms with E-state index in [-0.39, 0.29) is 11.9 Å². The van der Waals surface area contributed by atoms with Crippen LogP contribution in [0.2, 0.25) is 0 Å². The zero-order valence-corrected chi connectivity index (χ0v) is 9.29. The molecule has 4 nitrogen and oxygen atoms in total. The fourth-order valence-electron chi connectivity index (χ4n) is 2.12. The van der Waals surface area contributed by atoms with Crippen molar-refractivity contribution < 1.29 is 14.7 Å². The Bertz CT molecular complexity index is 250. The smallest absolute Gasteiger partial charge is 0.223 e. The molecule has 1 amide bonds. The molecule has 86 valence electrons. The molecule has 15 heavy (non-hydrogen) atoms. The van der Waals surface area contributed by atoms with E-state index in [0.29, 0.717) is 12.8 Å². The fraction of sp³-hybridized carbons (Fsp3) is 0.818. The Hall–Kier alpha value is -1.06. The molecule has 2 atom stereocenters. The molecule has 1 N–H and O–H groups in total. The largest absolute Gasteiger partial charge is 0.550 e. The van der Waals surface area contributed by atoms with Gasteiger partial charge in [0.25, 0.3) is 0 Å². The Labute approximate surface area is 90.0 Å². The average Bonchev–Trinajstić information content (AvgIpc) is 2.16. The molecule has 0 aromatic rings. The SMILES string of the molecule is CC(C)NC(=O)[C@@H]1CCCC[C@H]1C(=O)[O-]. The molecule has 0 aromatic heterocycles. The predicted octanol–water partition coefficient (Wildman–Crippen LogP) is 0.0673. The van der Waals surface area contributed by atoms with Gasteiger partial charge in [0.05, 0.1) is 0 Å². The zero-order chi connectivity index (χ0) is 11.4. The molecule has 0 aromatic carbocycles. The zero-order valence-electron chi connectivity index (χ0n) is 9.29. The van der Waals surface area contributed by atoms with E-state index in [1.54, 1.807) is 0 Å². The van der Waals surface area contributed by atoms with E-state index in [1.165, 1.54) is 0 Å². The lowest BCUT2D eigenvalue weighted by Gasteiger charge is -2.31. The lowest BCUT2D eigenvalue weighted by atomic mass is 9.78. The fourth-order valence-corrected chi connectivity index (χ4v) is 2.12. The van der Waals surface area contributed by atoms with Crippen LogP contribution >= 0.6 is 0 Å². The number of carbonyl (C=O) groups is 2. The van der Waals surface area contributed by atoms with E-state index in [4.69, 9.17) is 0 Å². The second kappa shape index (κ2) is 5.14. The molecular weight excluding hydrogens is 194 g/mol. The molecule has 4 heteroatoms. The normalized spacial score (nSPS) is 26.3. The van der Waals surface area contributed by atoms with Crippen molar-refractivity contribution in [1.29, 1.82) is 0 Å². The monoisotopic (exact) mass is 212 g/mol. The highest BCUT2D eigenvalue weighted by molar-refractivity contribution is 5.84. The van der Waals surface area contributed by atoms with Crippen molar-refractivity contribution in [3.8, 4) is 0 Å². The maximum absolute atomic E-state index is 11.7. The first-order valence-electron chi connectivity index (χ1n) is 5.53. The van der Waals surface area contributed by atoms with Crippen LogP contribution in [0.15, 0.2) is 0 Å². The van der Waals surface area contributed by atoms with Crippen molar-refractivity contribution in [3.63, 3.8) is 0 Å². The Kier molecular flexibility index (Phi) is 4.12. The Morgan fingerprint density at radius 1 is 1.20 bits per heavy atom. The molecule has 0 saturated heterocycles. The molecule has 1 aliphatic rings. The highest BCUT2D eigenvalue weighted by Crippen LogP contribution is 2.29. The summed E-state index contributed by atoms with van der Waals surface area (Å²) in [7, 11) is 0. The molecule has 0 aliphatic heterocycles. The first-order chi connectivity index (χ1) is 7.02. The van der Waals surface area contributed by atoms with Gasteiger partial charge >= 0.3 is 0 Å². The first kappa shape index (κ1) is 12.0. The van der Waals surface area contributed by atoms with E-state index < -0.39 is 17.8 Å². The predicted molar refractivity (Wildman–Crippen MR) is 53.7 cm³/mol. The summed E-state index contributed by atoms with van der Waals surface area (Å²) >= 11 is 0. The van der Waals surface area contributed by atoms with Gasteiger partial charge in [-0.2, -0.15) is 0 Å². The summed E-state index contributed by atoms with van der Waals surface area (Å²) in [5, 5.41) is 13.6. The number of carboxylic acid groups (broad SMARTS) is 1. The highest BCUT2D eigenvalue weighted by Gasteiger charge is 2.31. The lowest BCUT2D eigenvalue weighted by molar-refractivity contribution is -0.314. The number of hydrogen-bond donors (Lipinski definition) is 1. The number of amides is 1. The van der Waals surface area contributed by atoms with Crippen LogP contribution < -0.4 is 10.4 Å². The summed E-state index contributed by atoms with van der Waals surface area (Å²) in [5.74, 6) is -2.22. The topological polar surface area (TPSA) is 69.2 Å². The Balaban J connectivity index is 2.63. The number of carbonyl (C=O) groups excluding carboxylic acids is 2. The molecule has 0 bridgehead atoms. The summed E-state index contributed by atoms with van der Waals surface area (Å²) in [5.41, 5.74) is 0. The molecule has 1 saturated carbocycles. The second-order valence-corrected chi connectivity index (χ2v) is 4.48. The number of hydrogen-bond acceptors (Lipinski definition) is 3. The summed E-state index contributed by atoms with van der Waals surface area (Å²) in [4.78, 5) is 22.6. The third-order valence-corrected chi connectivity index (χ3v) is 2.84. The Morgan fingerprint density at radius 2 is 1.73 bits per heavy atom. The minimum Gasteiger partial charge on any atom is -0.550 e. The first-order valence-corrected chi connectivity index (χ1v) is 5.53. The maximum atomic E-state index is 11.7. The van der Waals surface area contributed by atoms with Crippen LogP contribution in [0.5, 0.6) is 0 Å². The van der Waals surface area contributed by atoms with E-state index in [0.717, 1.165) is 12.8 Å². The number of nitrogens with one attached hydrogen (secondary N) is 1. The van der Waals surface area contributed by atoms with Crippen LogP contribution in [0.3, 0.4) is 0 Å². The van der Waals surface area contributed by atoms with E-state index in [9.17, 15) is 14.7 Å². The number of aliphatic carboxylic acids is 1. The van der Waals surface area contributed by atoms with Gasteiger partial charge in [0.2, 0.25) is 5.91 Å². The summed E-state index contributed by atoms with van der Waals surface area (Å²) < 4.78 is 0. The van der Waals surface area contributed by atoms with Crippen LogP contribution in [-0.4, -0.2) is 17.9 Å². The minimum absolute atomic E-state index is 0.0573. The van der Waals surface area contributed by atoms with Crippen molar-refractivity contribution in [2.45, 2.75) is 45.6 Å². The van der Waals surface area contributed by atoms with E-state index in [1.807, 2.05) is 13.8 Å². The van der Waals surface area contributed by atoms with Gasteiger partial charge in [0.1, 0.15) is 0 Å². The van der Waals surface area contributed by atoms with Gasteiger partial charge in [0.15, 0.2) is 0 Å². The van der Waals surface area contributed by atoms with Gasteiger partial charge in [-0.25, -0.2) is 0 Å². The van der Waals surface area contributed by atoms with Gasteiger partial charge in [-0.15, -0.1) is 0 Å². The van der Waals surface area contributed by atoms with Crippen molar-refractivity contribution >= 4 is 11.9 Å². The molecule has 1 rings (SSSR count).